The second kappa shape index (κ2) is 3.26. The SMILES string of the molecule is NC(=O)c1cc(F)c(F)c(Cl)c1F. The molecular formula is C7H3ClF3NO. The molecule has 1 amide bonds. The van der Waals surface area contributed by atoms with Crippen LogP contribution in [0.3, 0.4) is 0 Å². The molecule has 6 heteroatoms. The van der Waals surface area contributed by atoms with Crippen molar-refractivity contribution in [3.8, 4) is 0 Å². The van der Waals surface area contributed by atoms with Gasteiger partial charge >= 0.3 is 0 Å². The van der Waals surface area contributed by atoms with E-state index in [0.717, 1.165) is 0 Å². The fraction of sp³-hybridized carbons (Fsp3) is 0. The van der Waals surface area contributed by atoms with Crippen LogP contribution in [0.15, 0.2) is 6.07 Å². The van der Waals surface area contributed by atoms with Gasteiger partial charge in [0.05, 0.1) is 5.56 Å². The lowest BCUT2D eigenvalue weighted by atomic mass is 10.2. The number of primary amides is 1. The largest absolute Gasteiger partial charge is 0.366 e. The van der Waals surface area contributed by atoms with Gasteiger partial charge in [-0.05, 0) is 6.07 Å². The fourth-order valence-electron chi connectivity index (χ4n) is 0.752. The Morgan fingerprint density at radius 2 is 1.85 bits per heavy atom. The number of halogens is 4. The number of rotatable bonds is 1. The molecule has 70 valence electrons. The molecule has 0 radical (unpaired) electrons. The number of carbonyl (C=O) groups excluding carboxylic acids is 1. The molecule has 0 unspecified atom stereocenters. The van der Waals surface area contributed by atoms with Crippen LogP contribution in [0.5, 0.6) is 0 Å². The van der Waals surface area contributed by atoms with Gasteiger partial charge in [0.2, 0.25) is 0 Å². The molecule has 1 aromatic rings. The van der Waals surface area contributed by atoms with Crippen molar-refractivity contribution in [3.63, 3.8) is 0 Å². The van der Waals surface area contributed by atoms with Crippen molar-refractivity contribution in [2.24, 2.45) is 5.73 Å². The minimum absolute atomic E-state index is 0.360. The van der Waals surface area contributed by atoms with Gasteiger partial charge in [0.15, 0.2) is 17.5 Å². The first-order valence-corrected chi connectivity index (χ1v) is 3.45. The second-order valence-corrected chi connectivity index (χ2v) is 2.59. The summed E-state index contributed by atoms with van der Waals surface area (Å²) in [4.78, 5) is 10.5. The van der Waals surface area contributed by atoms with Gasteiger partial charge in [-0.1, -0.05) is 11.6 Å². The van der Waals surface area contributed by atoms with Crippen molar-refractivity contribution >= 4 is 17.5 Å². The summed E-state index contributed by atoms with van der Waals surface area (Å²) >= 11 is 5.03. The molecule has 1 aromatic carbocycles. The molecule has 0 spiro atoms. The average molecular weight is 210 g/mol. The molecule has 0 aliphatic heterocycles. The zero-order valence-corrected chi connectivity index (χ0v) is 6.83. The highest BCUT2D eigenvalue weighted by atomic mass is 35.5. The van der Waals surface area contributed by atoms with E-state index in [-0.39, 0.29) is 0 Å². The molecule has 0 saturated carbocycles. The molecule has 0 bridgehead atoms. The second-order valence-electron chi connectivity index (χ2n) is 2.21. The highest BCUT2D eigenvalue weighted by molar-refractivity contribution is 6.31. The average Bonchev–Trinajstić information content (AvgIpc) is 2.07. The van der Waals surface area contributed by atoms with E-state index in [1.807, 2.05) is 0 Å². The summed E-state index contributed by atoms with van der Waals surface area (Å²) in [6.45, 7) is 0. The quantitative estimate of drug-likeness (QED) is 0.557. The fourth-order valence-corrected chi connectivity index (χ4v) is 0.944. The summed E-state index contributed by atoms with van der Waals surface area (Å²) in [7, 11) is 0. The molecule has 13 heavy (non-hydrogen) atoms. The molecule has 0 atom stereocenters. The van der Waals surface area contributed by atoms with Gasteiger partial charge in [0, 0.05) is 0 Å². The van der Waals surface area contributed by atoms with Gasteiger partial charge in [-0.2, -0.15) is 0 Å². The molecule has 0 heterocycles. The molecule has 2 N–H and O–H groups in total. The van der Waals surface area contributed by atoms with Gasteiger partial charge in [-0.15, -0.1) is 0 Å². The third-order valence-corrected chi connectivity index (χ3v) is 1.70. The van der Waals surface area contributed by atoms with Crippen LogP contribution < -0.4 is 5.73 Å². The van der Waals surface area contributed by atoms with Crippen LogP contribution >= 0.6 is 11.6 Å². The van der Waals surface area contributed by atoms with Crippen LogP contribution in [0.4, 0.5) is 13.2 Å². The maximum absolute atomic E-state index is 12.9. The molecule has 0 saturated heterocycles. The predicted molar refractivity (Wildman–Crippen MR) is 39.8 cm³/mol. The van der Waals surface area contributed by atoms with Crippen molar-refractivity contribution < 1.29 is 18.0 Å². The lowest BCUT2D eigenvalue weighted by molar-refractivity contribution is 0.0996. The van der Waals surface area contributed by atoms with Crippen LogP contribution in [0.1, 0.15) is 10.4 Å². The molecule has 2 nitrogen and oxygen atoms in total. The molecular weight excluding hydrogens is 207 g/mol. The standard InChI is InChI=1S/C7H3ClF3NO/c8-4-5(10)2(7(12)13)1-3(9)6(4)11/h1H,(H2,12,13). The van der Waals surface area contributed by atoms with E-state index in [1.54, 1.807) is 0 Å². The van der Waals surface area contributed by atoms with E-state index in [2.05, 4.69) is 5.73 Å². The number of hydrogen-bond acceptors (Lipinski definition) is 1. The topological polar surface area (TPSA) is 43.1 Å². The van der Waals surface area contributed by atoms with Crippen LogP contribution in [-0.4, -0.2) is 5.91 Å². The number of benzene rings is 1. The number of hydrogen-bond donors (Lipinski definition) is 1. The molecule has 0 aliphatic carbocycles. The Bertz CT molecular complexity index is 380. The van der Waals surface area contributed by atoms with Crippen molar-refractivity contribution in [2.45, 2.75) is 0 Å². The van der Waals surface area contributed by atoms with Crippen LogP contribution in [0, 0.1) is 17.5 Å². The molecule has 0 aromatic heterocycles. The lowest BCUT2D eigenvalue weighted by Gasteiger charge is -2.02. The summed E-state index contributed by atoms with van der Waals surface area (Å²) in [6.07, 6.45) is 0. The Balaban J connectivity index is 3.50. The summed E-state index contributed by atoms with van der Waals surface area (Å²) in [5, 5.41) is -1.08. The van der Waals surface area contributed by atoms with Gasteiger partial charge < -0.3 is 5.73 Å². The van der Waals surface area contributed by atoms with E-state index < -0.39 is 33.9 Å². The summed E-state index contributed by atoms with van der Waals surface area (Å²) in [5.41, 5.74) is 3.90. The Hall–Kier alpha value is -1.23. The van der Waals surface area contributed by atoms with Gasteiger partial charge in [0.25, 0.3) is 5.91 Å². The van der Waals surface area contributed by atoms with Crippen molar-refractivity contribution in [1.82, 2.24) is 0 Å². The Morgan fingerprint density at radius 3 is 2.31 bits per heavy atom. The van der Waals surface area contributed by atoms with E-state index in [9.17, 15) is 18.0 Å². The van der Waals surface area contributed by atoms with E-state index in [4.69, 9.17) is 11.6 Å². The summed E-state index contributed by atoms with van der Waals surface area (Å²) < 4.78 is 37.9. The Labute approximate surface area is 76.1 Å². The first-order valence-electron chi connectivity index (χ1n) is 3.08. The lowest BCUT2D eigenvalue weighted by Crippen LogP contribution is -2.14. The monoisotopic (exact) mass is 209 g/mol. The van der Waals surface area contributed by atoms with Crippen molar-refractivity contribution in [2.75, 3.05) is 0 Å². The highest BCUT2D eigenvalue weighted by Gasteiger charge is 2.19. The first-order chi connectivity index (χ1) is 5.95. The third-order valence-electron chi connectivity index (χ3n) is 1.37. The van der Waals surface area contributed by atoms with E-state index in [0.29, 0.717) is 6.07 Å². The van der Waals surface area contributed by atoms with Gasteiger partial charge in [-0.3, -0.25) is 4.79 Å². The predicted octanol–water partition coefficient (Wildman–Crippen LogP) is 1.86. The van der Waals surface area contributed by atoms with Crippen LogP contribution in [0.25, 0.3) is 0 Å². The van der Waals surface area contributed by atoms with Gasteiger partial charge in [-0.25, -0.2) is 13.2 Å². The Morgan fingerprint density at radius 1 is 1.31 bits per heavy atom. The van der Waals surface area contributed by atoms with Crippen molar-refractivity contribution in [3.05, 3.63) is 34.1 Å². The van der Waals surface area contributed by atoms with Crippen LogP contribution in [0.2, 0.25) is 5.02 Å². The third kappa shape index (κ3) is 1.60. The minimum atomic E-state index is -1.54. The zero-order chi connectivity index (χ0) is 10.2. The maximum atomic E-state index is 12.9. The van der Waals surface area contributed by atoms with Gasteiger partial charge in [0.1, 0.15) is 5.02 Å². The van der Waals surface area contributed by atoms with Crippen LogP contribution in [-0.2, 0) is 0 Å². The smallest absolute Gasteiger partial charge is 0.251 e. The molecule has 0 fully saturated rings. The normalized spacial score (nSPS) is 10.2. The minimum Gasteiger partial charge on any atom is -0.366 e. The zero-order valence-electron chi connectivity index (χ0n) is 6.07. The van der Waals surface area contributed by atoms with E-state index >= 15 is 0 Å². The maximum Gasteiger partial charge on any atom is 0.251 e. The highest BCUT2D eigenvalue weighted by Crippen LogP contribution is 2.24. The summed E-state index contributed by atoms with van der Waals surface area (Å²) in [5.74, 6) is -5.52. The number of carbonyl (C=O) groups is 1. The number of nitrogens with two attached hydrogens (primary N) is 1. The molecule has 0 aliphatic rings. The first kappa shape index (κ1) is 9.85. The Kier molecular flexibility index (Phi) is 2.47. The van der Waals surface area contributed by atoms with E-state index in [1.165, 1.54) is 0 Å². The molecule has 1 rings (SSSR count). The van der Waals surface area contributed by atoms with Crippen molar-refractivity contribution in [1.29, 1.82) is 0 Å². The summed E-state index contributed by atoms with van der Waals surface area (Å²) in [6, 6.07) is 0.360. The number of amides is 1.